The summed E-state index contributed by atoms with van der Waals surface area (Å²) in [6.45, 7) is 0. The normalized spacial score (nSPS) is 15.5. The van der Waals surface area contributed by atoms with Gasteiger partial charge >= 0.3 is 47.6 Å². The van der Waals surface area contributed by atoms with Gasteiger partial charge in [0.1, 0.15) is 5.75 Å². The minimum absolute atomic E-state index is 0.251. The van der Waals surface area contributed by atoms with Gasteiger partial charge in [-0.2, -0.15) is 74.6 Å². The van der Waals surface area contributed by atoms with Gasteiger partial charge in [-0.1, -0.05) is 0 Å². The molecule has 0 aliphatic carbocycles. The quantitative estimate of drug-likeness (QED) is 0.292. The molecule has 19 heteroatoms. The summed E-state index contributed by atoms with van der Waals surface area (Å²) >= 11 is 0. The summed E-state index contributed by atoms with van der Waals surface area (Å²) in [6, 6.07) is 0.608. The van der Waals surface area contributed by atoms with Crippen molar-refractivity contribution in [3.63, 3.8) is 0 Å². The van der Waals surface area contributed by atoms with E-state index in [-0.39, 0.29) is 12.1 Å². The van der Waals surface area contributed by atoms with Gasteiger partial charge in [-0.15, -0.1) is 0 Å². The van der Waals surface area contributed by atoms with Crippen LogP contribution in [0.2, 0.25) is 0 Å². The Morgan fingerprint density at radius 2 is 0.912 bits per heavy atom. The Balaban J connectivity index is 3.79. The van der Waals surface area contributed by atoms with Gasteiger partial charge in [-0.05, 0) is 18.2 Å². The summed E-state index contributed by atoms with van der Waals surface area (Å²) in [6.07, 6.45) is -7.80. The molecule has 0 saturated heterocycles. The number of alkyl halides is 17. The molecular formula is C15H8F17NO. The summed E-state index contributed by atoms with van der Waals surface area (Å²) in [4.78, 5) is 0. The second-order valence-electron chi connectivity index (χ2n) is 6.47. The lowest BCUT2D eigenvalue weighted by Gasteiger charge is -2.43. The van der Waals surface area contributed by atoms with E-state index in [2.05, 4.69) is 4.74 Å². The van der Waals surface area contributed by atoms with Crippen molar-refractivity contribution in [3.05, 3.63) is 23.8 Å². The highest BCUT2D eigenvalue weighted by Gasteiger charge is 2.95. The molecule has 0 aliphatic rings. The third kappa shape index (κ3) is 3.64. The van der Waals surface area contributed by atoms with E-state index in [1.54, 1.807) is 0 Å². The molecule has 0 saturated carbocycles. The lowest BCUT2D eigenvalue weighted by Crippen LogP contribution is -2.74. The number of methoxy groups -OCH3 is 1. The molecule has 34 heavy (non-hydrogen) atoms. The molecule has 0 unspecified atom stereocenters. The average Bonchev–Trinajstić information content (AvgIpc) is 2.66. The molecule has 1 aromatic rings. The molecule has 0 amide bonds. The summed E-state index contributed by atoms with van der Waals surface area (Å²) < 4.78 is 230. The molecule has 2 N–H and O–H groups in total. The van der Waals surface area contributed by atoms with E-state index < -0.39 is 64.6 Å². The van der Waals surface area contributed by atoms with E-state index in [4.69, 9.17) is 5.73 Å². The van der Waals surface area contributed by atoms with E-state index in [1.807, 2.05) is 0 Å². The summed E-state index contributed by atoms with van der Waals surface area (Å²) in [5, 5.41) is 0. The first-order chi connectivity index (χ1) is 14.7. The third-order valence-corrected chi connectivity index (χ3v) is 4.32. The number of halogens is 17. The molecule has 0 bridgehead atoms. The Labute approximate surface area is 176 Å². The van der Waals surface area contributed by atoms with Crippen LogP contribution >= 0.6 is 0 Å². The first-order valence-electron chi connectivity index (χ1n) is 7.85. The van der Waals surface area contributed by atoms with Gasteiger partial charge in [0.15, 0.2) is 0 Å². The number of nitrogen functional groups attached to an aromatic ring is 1. The first kappa shape index (κ1) is 29.7. The highest BCUT2D eigenvalue weighted by atomic mass is 19.4. The minimum atomic E-state index is -8.68. The topological polar surface area (TPSA) is 35.2 Å². The summed E-state index contributed by atoms with van der Waals surface area (Å²) in [5.74, 6) is -57.9. The van der Waals surface area contributed by atoms with Gasteiger partial charge < -0.3 is 10.5 Å². The molecule has 1 aromatic carbocycles. The zero-order valence-corrected chi connectivity index (χ0v) is 15.6. The number of ether oxygens (including phenoxy) is 1. The number of hydrogen-bond donors (Lipinski definition) is 1. The van der Waals surface area contributed by atoms with Gasteiger partial charge in [0.25, 0.3) is 0 Å². The van der Waals surface area contributed by atoms with Crippen LogP contribution in [0, 0.1) is 0 Å². The van der Waals surface area contributed by atoms with Gasteiger partial charge in [0, 0.05) is 5.69 Å². The fourth-order valence-corrected chi connectivity index (χ4v) is 2.27. The van der Waals surface area contributed by atoms with E-state index in [1.165, 1.54) is 0 Å². The van der Waals surface area contributed by atoms with Crippen LogP contribution in [0.3, 0.4) is 0 Å². The monoisotopic (exact) mass is 541 g/mol. The standard InChI is InChI=1S/C15H8F17NO/c1-34-5-2-3-7(33)6(4-5)8(16,17)9(18,19)10(20,21)11(22,23)12(24,25)13(26,27)14(28,29)15(30,31)32/h2-4H,33H2,1H3. The zero-order valence-electron chi connectivity index (χ0n) is 15.6. The molecule has 0 spiro atoms. The molecule has 0 radical (unpaired) electrons. The maximum atomic E-state index is 14.2. The van der Waals surface area contributed by atoms with Crippen LogP contribution in [0.25, 0.3) is 0 Å². The molecule has 0 aliphatic heterocycles. The SMILES string of the molecule is COc1ccc(N)c(C(F)(F)C(F)(F)C(F)(F)C(F)(F)C(F)(F)C(F)(F)C(F)(F)C(F)(F)F)c1. The van der Waals surface area contributed by atoms with Gasteiger partial charge in [-0.3, -0.25) is 0 Å². The maximum Gasteiger partial charge on any atom is 0.460 e. The van der Waals surface area contributed by atoms with E-state index in [0.717, 1.165) is 0 Å². The minimum Gasteiger partial charge on any atom is -0.497 e. The zero-order chi connectivity index (χ0) is 27.6. The smallest absolute Gasteiger partial charge is 0.460 e. The molecule has 0 fully saturated rings. The van der Waals surface area contributed by atoms with E-state index in [0.29, 0.717) is 13.2 Å². The molecule has 0 atom stereocenters. The van der Waals surface area contributed by atoms with Crippen molar-refractivity contribution in [2.45, 2.75) is 47.6 Å². The van der Waals surface area contributed by atoms with Crippen molar-refractivity contribution in [2.24, 2.45) is 0 Å². The average molecular weight is 541 g/mol. The lowest BCUT2D eigenvalue weighted by atomic mass is 9.87. The largest absolute Gasteiger partial charge is 0.497 e. The highest BCUT2D eigenvalue weighted by molar-refractivity contribution is 5.53. The predicted octanol–water partition coefficient (Wildman–Crippen LogP) is 6.74. The van der Waals surface area contributed by atoms with Crippen LogP contribution in [-0.2, 0) is 5.92 Å². The van der Waals surface area contributed by atoms with Crippen molar-refractivity contribution in [1.82, 2.24) is 0 Å². The predicted molar refractivity (Wildman–Crippen MR) is 77.0 cm³/mol. The first-order valence-corrected chi connectivity index (χ1v) is 7.85. The van der Waals surface area contributed by atoms with E-state index >= 15 is 0 Å². The molecule has 0 aromatic heterocycles. The fourth-order valence-electron chi connectivity index (χ4n) is 2.27. The van der Waals surface area contributed by atoms with Crippen LogP contribution in [0.1, 0.15) is 5.56 Å². The third-order valence-electron chi connectivity index (χ3n) is 4.32. The van der Waals surface area contributed by atoms with Crippen LogP contribution in [0.5, 0.6) is 5.75 Å². The summed E-state index contributed by atoms with van der Waals surface area (Å²) in [7, 11) is 0.678. The van der Waals surface area contributed by atoms with Gasteiger partial charge in [-0.25, -0.2) is 0 Å². The number of rotatable bonds is 8. The van der Waals surface area contributed by atoms with Crippen molar-refractivity contribution in [3.8, 4) is 5.75 Å². The summed E-state index contributed by atoms with van der Waals surface area (Å²) in [5.41, 5.74) is 0.770. The van der Waals surface area contributed by atoms with Crippen LogP contribution in [0.4, 0.5) is 80.3 Å². The Hall–Kier alpha value is -2.37. The second-order valence-corrected chi connectivity index (χ2v) is 6.47. The Morgan fingerprint density at radius 1 is 0.559 bits per heavy atom. The van der Waals surface area contributed by atoms with Gasteiger partial charge in [0.05, 0.1) is 12.7 Å². The molecular weight excluding hydrogens is 533 g/mol. The Kier molecular flexibility index (Phi) is 6.82. The highest BCUT2D eigenvalue weighted by Crippen LogP contribution is 2.65. The van der Waals surface area contributed by atoms with Crippen molar-refractivity contribution < 1.29 is 79.4 Å². The van der Waals surface area contributed by atoms with Gasteiger partial charge in [0.2, 0.25) is 0 Å². The lowest BCUT2D eigenvalue weighted by molar-refractivity contribution is -0.462. The Bertz CT molecular complexity index is 905. The molecule has 198 valence electrons. The van der Waals surface area contributed by atoms with Crippen molar-refractivity contribution in [1.29, 1.82) is 0 Å². The van der Waals surface area contributed by atoms with Crippen LogP contribution in [-0.4, -0.2) is 48.8 Å². The number of anilines is 1. The molecule has 0 heterocycles. The number of benzene rings is 1. The number of hydrogen-bond acceptors (Lipinski definition) is 2. The van der Waals surface area contributed by atoms with Crippen LogP contribution in [0.15, 0.2) is 18.2 Å². The number of nitrogens with two attached hydrogens (primary N) is 1. The Morgan fingerprint density at radius 3 is 1.26 bits per heavy atom. The second kappa shape index (κ2) is 7.82. The fraction of sp³-hybridized carbons (Fsp3) is 0.600. The van der Waals surface area contributed by atoms with Crippen molar-refractivity contribution >= 4 is 5.69 Å². The van der Waals surface area contributed by atoms with E-state index in [9.17, 15) is 74.6 Å². The van der Waals surface area contributed by atoms with Crippen molar-refractivity contribution in [2.75, 3.05) is 12.8 Å². The molecule has 2 nitrogen and oxygen atoms in total. The van der Waals surface area contributed by atoms with Crippen LogP contribution < -0.4 is 10.5 Å². The molecule has 1 rings (SSSR count). The maximum absolute atomic E-state index is 14.2.